The summed E-state index contributed by atoms with van der Waals surface area (Å²) in [6, 6.07) is 16.9. The van der Waals surface area contributed by atoms with E-state index in [1.165, 1.54) is 5.56 Å². The summed E-state index contributed by atoms with van der Waals surface area (Å²) in [6.45, 7) is 6.45. The van der Waals surface area contributed by atoms with E-state index >= 15 is 8.78 Å². The molecule has 2 saturated carbocycles. The Balaban J connectivity index is 1.51. The minimum absolute atomic E-state index is 0.452. The molecule has 180 valence electrons. The summed E-state index contributed by atoms with van der Waals surface area (Å²) >= 11 is 0. The molecular weight excluding hydrogens is 412 g/mol. The third kappa shape index (κ3) is 5.67. The fraction of sp³-hybridized carbons (Fsp3) is 0.600. The first-order valence-electron chi connectivity index (χ1n) is 13.2. The molecule has 0 spiro atoms. The maximum Gasteiger partial charge on any atom is 0.136 e. The molecule has 0 amide bonds. The lowest BCUT2D eigenvalue weighted by molar-refractivity contribution is 0.162. The molecule has 0 aliphatic heterocycles. The van der Waals surface area contributed by atoms with E-state index < -0.39 is 11.3 Å². The van der Waals surface area contributed by atoms with Crippen molar-refractivity contribution in [2.75, 3.05) is 13.1 Å². The number of rotatable bonds is 10. The zero-order valence-electron chi connectivity index (χ0n) is 20.6. The molecule has 0 heterocycles. The molecule has 0 radical (unpaired) electrons. The number of benzene rings is 2. The first-order chi connectivity index (χ1) is 15.9. The van der Waals surface area contributed by atoms with Gasteiger partial charge in [0.1, 0.15) is 11.3 Å². The van der Waals surface area contributed by atoms with Gasteiger partial charge in [0.05, 0.1) is 0 Å². The Morgan fingerprint density at radius 1 is 0.727 bits per heavy atom. The molecule has 0 N–H and O–H groups in total. The van der Waals surface area contributed by atoms with Crippen molar-refractivity contribution in [1.29, 1.82) is 0 Å². The van der Waals surface area contributed by atoms with Crippen LogP contribution in [0.1, 0.15) is 93.9 Å². The van der Waals surface area contributed by atoms with E-state index in [0.717, 1.165) is 74.7 Å². The molecule has 33 heavy (non-hydrogen) atoms. The van der Waals surface area contributed by atoms with Crippen LogP contribution in [0.3, 0.4) is 0 Å². The monoisotopic (exact) mass is 453 g/mol. The van der Waals surface area contributed by atoms with E-state index in [2.05, 4.69) is 49.1 Å². The van der Waals surface area contributed by atoms with Gasteiger partial charge in [0.15, 0.2) is 0 Å². The summed E-state index contributed by atoms with van der Waals surface area (Å²) < 4.78 is 32.0. The number of hydrogen-bond acceptors (Lipinski definition) is 1. The molecule has 0 unspecified atom stereocenters. The summed E-state index contributed by atoms with van der Waals surface area (Å²) in [6.07, 6.45) is 8.78. The topological polar surface area (TPSA) is 3.24 Å². The normalized spacial score (nSPS) is 19.6. The molecule has 0 saturated heterocycles. The molecule has 2 fully saturated rings. The van der Waals surface area contributed by atoms with Crippen molar-refractivity contribution in [3.63, 3.8) is 0 Å². The first kappa shape index (κ1) is 24.4. The van der Waals surface area contributed by atoms with Crippen molar-refractivity contribution in [3.05, 3.63) is 70.8 Å². The van der Waals surface area contributed by atoms with E-state index in [4.69, 9.17) is 0 Å². The fourth-order valence-electron chi connectivity index (χ4n) is 6.11. The summed E-state index contributed by atoms with van der Waals surface area (Å²) in [5.74, 6) is 0. The Bertz CT molecular complexity index is 839. The van der Waals surface area contributed by atoms with Gasteiger partial charge in [-0.15, -0.1) is 0 Å². The molecule has 2 aromatic rings. The number of hydrogen-bond donors (Lipinski definition) is 0. The van der Waals surface area contributed by atoms with Crippen LogP contribution in [-0.2, 0) is 24.2 Å². The lowest BCUT2D eigenvalue weighted by Crippen LogP contribution is -2.34. The minimum Gasteiger partial charge on any atom is -0.301 e. The van der Waals surface area contributed by atoms with Crippen LogP contribution < -0.4 is 0 Å². The lowest BCUT2D eigenvalue weighted by atomic mass is 9.80. The molecule has 1 nitrogen and oxygen atoms in total. The SMILES string of the molecule is CC(C)N(CCCc1c(C2(F)CCCC2)cccc1C1(F)CCCC1)CCc1ccccc1. The van der Waals surface area contributed by atoms with Crippen LogP contribution in [0.4, 0.5) is 8.78 Å². The summed E-state index contributed by atoms with van der Waals surface area (Å²) in [7, 11) is 0. The molecular formula is C30H41F2N. The summed E-state index contributed by atoms with van der Waals surface area (Å²) in [5.41, 5.74) is 1.38. The second kappa shape index (κ2) is 10.7. The number of halogens is 2. The van der Waals surface area contributed by atoms with E-state index in [1.807, 2.05) is 18.2 Å². The highest BCUT2D eigenvalue weighted by Gasteiger charge is 2.42. The Kier molecular flexibility index (Phi) is 7.89. The van der Waals surface area contributed by atoms with Crippen LogP contribution in [0.2, 0.25) is 0 Å². The average molecular weight is 454 g/mol. The molecule has 0 bridgehead atoms. The van der Waals surface area contributed by atoms with Gasteiger partial charge in [-0.2, -0.15) is 0 Å². The Hall–Kier alpha value is -1.74. The molecule has 0 aromatic heterocycles. The lowest BCUT2D eigenvalue weighted by Gasteiger charge is -2.31. The van der Waals surface area contributed by atoms with Gasteiger partial charge in [-0.3, -0.25) is 0 Å². The van der Waals surface area contributed by atoms with Crippen molar-refractivity contribution in [1.82, 2.24) is 4.90 Å². The average Bonchev–Trinajstić information content (AvgIpc) is 3.46. The Morgan fingerprint density at radius 3 is 1.79 bits per heavy atom. The van der Waals surface area contributed by atoms with Gasteiger partial charge >= 0.3 is 0 Å². The van der Waals surface area contributed by atoms with Crippen LogP contribution in [0.15, 0.2) is 48.5 Å². The molecule has 2 aliphatic carbocycles. The highest BCUT2D eigenvalue weighted by molar-refractivity contribution is 5.43. The van der Waals surface area contributed by atoms with Gasteiger partial charge in [-0.05, 0) is 113 Å². The number of alkyl halides is 2. The highest BCUT2D eigenvalue weighted by atomic mass is 19.1. The van der Waals surface area contributed by atoms with Gasteiger partial charge in [0, 0.05) is 12.6 Å². The molecule has 0 atom stereocenters. The molecule has 2 aromatic carbocycles. The van der Waals surface area contributed by atoms with Gasteiger partial charge in [-0.1, -0.05) is 48.5 Å². The van der Waals surface area contributed by atoms with Gasteiger partial charge in [-0.25, -0.2) is 8.78 Å². The molecule has 4 rings (SSSR count). The Labute approximate surface area is 199 Å². The third-order valence-corrected chi connectivity index (χ3v) is 8.07. The zero-order chi connectivity index (χ0) is 23.3. The molecule has 2 aliphatic rings. The second-order valence-electron chi connectivity index (χ2n) is 10.6. The quantitative estimate of drug-likeness (QED) is 0.352. The zero-order valence-corrected chi connectivity index (χ0v) is 20.6. The van der Waals surface area contributed by atoms with Crippen LogP contribution in [0.5, 0.6) is 0 Å². The van der Waals surface area contributed by atoms with Crippen LogP contribution >= 0.6 is 0 Å². The van der Waals surface area contributed by atoms with Gasteiger partial charge in [0.25, 0.3) is 0 Å². The second-order valence-corrected chi connectivity index (χ2v) is 10.6. The van der Waals surface area contributed by atoms with Gasteiger partial charge in [0.2, 0.25) is 0 Å². The predicted octanol–water partition coefficient (Wildman–Crippen LogP) is 8.05. The predicted molar refractivity (Wildman–Crippen MR) is 134 cm³/mol. The van der Waals surface area contributed by atoms with Crippen molar-refractivity contribution >= 4 is 0 Å². The highest BCUT2D eigenvalue weighted by Crippen LogP contribution is 2.49. The van der Waals surface area contributed by atoms with Crippen molar-refractivity contribution in [3.8, 4) is 0 Å². The summed E-state index contributed by atoms with van der Waals surface area (Å²) in [4.78, 5) is 2.51. The summed E-state index contributed by atoms with van der Waals surface area (Å²) in [5, 5.41) is 0. The standard InChI is InChI=1S/C30H41F2N/c1-24(2)33(23-17-25-12-4-3-5-13-25)22-11-14-26-27(29(31)18-6-7-19-29)15-10-16-28(26)30(32)20-8-9-21-30/h3-5,10,12-13,15-16,24H,6-9,11,14,17-23H2,1-2H3. The van der Waals surface area contributed by atoms with E-state index in [-0.39, 0.29) is 0 Å². The third-order valence-electron chi connectivity index (χ3n) is 8.07. The maximum atomic E-state index is 16.0. The first-order valence-corrected chi connectivity index (χ1v) is 13.2. The van der Waals surface area contributed by atoms with Crippen LogP contribution in [0, 0.1) is 0 Å². The number of nitrogens with zero attached hydrogens (tertiary/aromatic N) is 1. The van der Waals surface area contributed by atoms with Crippen LogP contribution in [-0.4, -0.2) is 24.0 Å². The minimum atomic E-state index is -1.27. The van der Waals surface area contributed by atoms with Crippen molar-refractivity contribution < 1.29 is 8.78 Å². The fourth-order valence-corrected chi connectivity index (χ4v) is 6.11. The van der Waals surface area contributed by atoms with E-state index in [0.29, 0.717) is 31.7 Å². The molecule has 3 heteroatoms. The van der Waals surface area contributed by atoms with Crippen LogP contribution in [0.25, 0.3) is 0 Å². The Morgan fingerprint density at radius 2 is 1.27 bits per heavy atom. The van der Waals surface area contributed by atoms with Gasteiger partial charge < -0.3 is 4.90 Å². The van der Waals surface area contributed by atoms with E-state index in [1.54, 1.807) is 0 Å². The van der Waals surface area contributed by atoms with E-state index in [9.17, 15) is 0 Å². The van der Waals surface area contributed by atoms with Crippen molar-refractivity contribution in [2.24, 2.45) is 0 Å². The maximum absolute atomic E-state index is 16.0. The van der Waals surface area contributed by atoms with Crippen molar-refractivity contribution in [2.45, 2.75) is 102 Å². The largest absolute Gasteiger partial charge is 0.301 e. The smallest absolute Gasteiger partial charge is 0.136 e.